The molecule has 0 aromatic heterocycles. The predicted octanol–water partition coefficient (Wildman–Crippen LogP) is 3.07. The second-order valence-corrected chi connectivity index (χ2v) is 7.61. The molecule has 0 aliphatic carbocycles. The fourth-order valence-corrected chi connectivity index (χ4v) is 3.51. The van der Waals surface area contributed by atoms with Gasteiger partial charge in [0.2, 0.25) is 0 Å². The van der Waals surface area contributed by atoms with E-state index in [0.29, 0.717) is 5.75 Å². The van der Waals surface area contributed by atoms with E-state index < -0.39 is 0 Å². The van der Waals surface area contributed by atoms with Crippen molar-refractivity contribution < 1.29 is 5.11 Å². The predicted molar refractivity (Wildman–Crippen MR) is 113 cm³/mol. The van der Waals surface area contributed by atoms with E-state index in [1.807, 2.05) is 25.2 Å². The zero-order valence-corrected chi connectivity index (χ0v) is 16.5. The van der Waals surface area contributed by atoms with Crippen molar-refractivity contribution in [3.8, 4) is 5.75 Å². The van der Waals surface area contributed by atoms with Gasteiger partial charge in [-0.3, -0.25) is 4.99 Å². The summed E-state index contributed by atoms with van der Waals surface area (Å²) < 4.78 is 0. The molecule has 27 heavy (non-hydrogen) atoms. The number of phenols is 1. The number of nitrogens with one attached hydrogen (secondary N) is 1. The fourth-order valence-electron chi connectivity index (χ4n) is 3.51. The largest absolute Gasteiger partial charge is 0.506 e. The fraction of sp³-hybridized carbons (Fsp3) is 0.409. The molecule has 0 unspecified atom stereocenters. The van der Waals surface area contributed by atoms with Crippen molar-refractivity contribution in [3.63, 3.8) is 0 Å². The molecule has 1 aliphatic heterocycles. The van der Waals surface area contributed by atoms with Gasteiger partial charge in [0.05, 0.1) is 5.69 Å². The highest BCUT2D eigenvalue weighted by molar-refractivity contribution is 5.80. The Morgan fingerprint density at radius 3 is 2.26 bits per heavy atom. The first-order valence-corrected chi connectivity index (χ1v) is 9.55. The van der Waals surface area contributed by atoms with Gasteiger partial charge in [-0.1, -0.05) is 56.3 Å². The van der Waals surface area contributed by atoms with E-state index >= 15 is 0 Å². The molecule has 3 rings (SSSR count). The first-order chi connectivity index (χ1) is 13.0. The van der Waals surface area contributed by atoms with Gasteiger partial charge in [-0.05, 0) is 17.7 Å². The Morgan fingerprint density at radius 1 is 1.00 bits per heavy atom. The summed E-state index contributed by atoms with van der Waals surface area (Å²) in [4.78, 5) is 9.01. The smallest absolute Gasteiger partial charge is 0.193 e. The van der Waals surface area contributed by atoms with E-state index in [4.69, 9.17) is 0 Å². The van der Waals surface area contributed by atoms with Gasteiger partial charge < -0.3 is 20.2 Å². The summed E-state index contributed by atoms with van der Waals surface area (Å²) in [7, 11) is 1.84. The van der Waals surface area contributed by atoms with Crippen LogP contribution in [0.5, 0.6) is 5.75 Å². The number of nitrogens with zero attached hydrogens (tertiary/aromatic N) is 3. The molecular formula is C22H30N4O. The van der Waals surface area contributed by atoms with E-state index in [-0.39, 0.29) is 5.41 Å². The van der Waals surface area contributed by atoms with Crippen LogP contribution in [0.3, 0.4) is 0 Å². The third-order valence-electron chi connectivity index (χ3n) is 5.26. The summed E-state index contributed by atoms with van der Waals surface area (Å²) in [6.45, 7) is 8.79. The summed E-state index contributed by atoms with van der Waals surface area (Å²) >= 11 is 0. The highest BCUT2D eigenvalue weighted by Crippen LogP contribution is 2.27. The van der Waals surface area contributed by atoms with Gasteiger partial charge in [-0.15, -0.1) is 0 Å². The lowest BCUT2D eigenvalue weighted by Crippen LogP contribution is -2.54. The van der Waals surface area contributed by atoms with Crippen LogP contribution in [0.25, 0.3) is 0 Å². The van der Waals surface area contributed by atoms with Crippen molar-refractivity contribution in [1.29, 1.82) is 0 Å². The molecule has 1 heterocycles. The Morgan fingerprint density at radius 2 is 1.63 bits per heavy atom. The van der Waals surface area contributed by atoms with Crippen LogP contribution >= 0.6 is 0 Å². The number of rotatable bonds is 4. The van der Waals surface area contributed by atoms with Crippen molar-refractivity contribution in [3.05, 3.63) is 60.2 Å². The second kappa shape index (κ2) is 8.33. The summed E-state index contributed by atoms with van der Waals surface area (Å²) in [5.74, 6) is 1.29. The maximum Gasteiger partial charge on any atom is 0.193 e. The SMILES string of the molecule is CN=C(NCC(C)(C)c1ccccc1)N1CCN(c2ccccc2O)CC1. The van der Waals surface area contributed by atoms with Crippen molar-refractivity contribution in [2.45, 2.75) is 19.3 Å². The molecule has 0 radical (unpaired) electrons. The Balaban J connectivity index is 1.57. The van der Waals surface area contributed by atoms with E-state index in [2.05, 4.69) is 64.3 Å². The quantitative estimate of drug-likeness (QED) is 0.645. The molecule has 2 N–H and O–H groups in total. The van der Waals surface area contributed by atoms with Gasteiger partial charge in [0.25, 0.3) is 0 Å². The Labute approximate surface area is 162 Å². The van der Waals surface area contributed by atoms with Gasteiger partial charge in [0, 0.05) is 45.2 Å². The zero-order valence-electron chi connectivity index (χ0n) is 16.5. The number of benzene rings is 2. The minimum Gasteiger partial charge on any atom is -0.506 e. The summed E-state index contributed by atoms with van der Waals surface area (Å²) in [5, 5.41) is 13.6. The normalized spacial score (nSPS) is 15.7. The molecule has 5 heteroatoms. The highest BCUT2D eigenvalue weighted by atomic mass is 16.3. The van der Waals surface area contributed by atoms with Gasteiger partial charge in [-0.25, -0.2) is 0 Å². The number of para-hydroxylation sites is 2. The Kier molecular flexibility index (Phi) is 5.89. The van der Waals surface area contributed by atoms with E-state index in [0.717, 1.165) is 44.4 Å². The molecular weight excluding hydrogens is 336 g/mol. The van der Waals surface area contributed by atoms with Gasteiger partial charge in [0.15, 0.2) is 5.96 Å². The summed E-state index contributed by atoms with van der Waals surface area (Å²) in [5.41, 5.74) is 2.25. The molecule has 0 spiro atoms. The topological polar surface area (TPSA) is 51.1 Å². The molecule has 0 saturated carbocycles. The van der Waals surface area contributed by atoms with Gasteiger partial charge in [-0.2, -0.15) is 0 Å². The van der Waals surface area contributed by atoms with E-state index in [1.54, 1.807) is 6.07 Å². The molecule has 2 aromatic rings. The van der Waals surface area contributed by atoms with Crippen molar-refractivity contribution >= 4 is 11.6 Å². The Bertz CT molecular complexity index is 765. The van der Waals surface area contributed by atoms with Crippen LogP contribution < -0.4 is 10.2 Å². The average Bonchev–Trinajstić information content (AvgIpc) is 2.70. The molecule has 0 atom stereocenters. The molecule has 0 bridgehead atoms. The molecule has 1 aliphatic rings. The summed E-state index contributed by atoms with van der Waals surface area (Å²) in [6, 6.07) is 18.1. The van der Waals surface area contributed by atoms with E-state index in [1.165, 1.54) is 5.56 Å². The minimum absolute atomic E-state index is 0.0227. The molecule has 0 amide bonds. The third kappa shape index (κ3) is 4.54. The van der Waals surface area contributed by atoms with Gasteiger partial charge >= 0.3 is 0 Å². The summed E-state index contributed by atoms with van der Waals surface area (Å²) in [6.07, 6.45) is 0. The van der Waals surface area contributed by atoms with Gasteiger partial charge in [0.1, 0.15) is 5.75 Å². The number of aromatic hydroxyl groups is 1. The number of anilines is 1. The van der Waals surface area contributed by atoms with Crippen LogP contribution in [0.4, 0.5) is 5.69 Å². The minimum atomic E-state index is 0.0227. The number of aliphatic imine (C=N–C) groups is 1. The van der Waals surface area contributed by atoms with Crippen molar-refractivity contribution in [1.82, 2.24) is 10.2 Å². The van der Waals surface area contributed by atoms with Crippen LogP contribution in [0.1, 0.15) is 19.4 Å². The lowest BCUT2D eigenvalue weighted by molar-refractivity contribution is 0.364. The monoisotopic (exact) mass is 366 g/mol. The molecule has 1 saturated heterocycles. The Hall–Kier alpha value is -2.69. The maximum absolute atomic E-state index is 10.1. The van der Waals surface area contributed by atoms with Crippen molar-refractivity contribution in [2.75, 3.05) is 44.7 Å². The first-order valence-electron chi connectivity index (χ1n) is 9.55. The van der Waals surface area contributed by atoms with E-state index in [9.17, 15) is 5.11 Å². The standard InChI is InChI=1S/C22H30N4O/c1-22(2,18-9-5-4-6-10-18)17-24-21(23-3)26-15-13-25(14-16-26)19-11-7-8-12-20(19)27/h4-12,27H,13-17H2,1-3H3,(H,23,24). The highest BCUT2D eigenvalue weighted by Gasteiger charge is 2.24. The lowest BCUT2D eigenvalue weighted by Gasteiger charge is -2.38. The van der Waals surface area contributed by atoms with Crippen LogP contribution in [-0.2, 0) is 5.41 Å². The number of guanidine groups is 1. The number of piperazine rings is 1. The molecule has 1 fully saturated rings. The maximum atomic E-state index is 10.1. The second-order valence-electron chi connectivity index (χ2n) is 7.61. The molecule has 2 aromatic carbocycles. The third-order valence-corrected chi connectivity index (χ3v) is 5.26. The molecule has 144 valence electrons. The van der Waals surface area contributed by atoms with Crippen LogP contribution in [0.15, 0.2) is 59.6 Å². The van der Waals surface area contributed by atoms with Crippen LogP contribution in [0.2, 0.25) is 0 Å². The van der Waals surface area contributed by atoms with Crippen molar-refractivity contribution in [2.24, 2.45) is 4.99 Å². The number of hydrogen-bond donors (Lipinski definition) is 2. The average molecular weight is 367 g/mol. The number of phenolic OH excluding ortho intramolecular Hbond substituents is 1. The molecule has 5 nitrogen and oxygen atoms in total. The van der Waals surface area contributed by atoms with Crippen LogP contribution in [-0.4, -0.2) is 55.7 Å². The van der Waals surface area contributed by atoms with Crippen LogP contribution in [0, 0.1) is 0 Å². The lowest BCUT2D eigenvalue weighted by atomic mass is 9.85. The number of hydrogen-bond acceptors (Lipinski definition) is 3. The first kappa shape index (κ1) is 19.1. The zero-order chi connectivity index (χ0) is 19.3.